The van der Waals surface area contributed by atoms with Gasteiger partial charge in [0, 0.05) is 22.3 Å². The molecule has 6 heteroatoms. The maximum Gasteiger partial charge on any atom is 0.263 e. The van der Waals surface area contributed by atoms with Crippen molar-refractivity contribution in [3.8, 4) is 5.75 Å². The third-order valence-electron chi connectivity index (χ3n) is 3.44. The van der Waals surface area contributed by atoms with E-state index in [4.69, 9.17) is 15.4 Å². The van der Waals surface area contributed by atoms with Crippen LogP contribution in [0.4, 0.5) is 0 Å². The molecule has 1 aliphatic carbocycles. The smallest absolute Gasteiger partial charge is 0.263 e. The van der Waals surface area contributed by atoms with Crippen LogP contribution in [0, 0.1) is 5.92 Å². The Morgan fingerprint density at radius 3 is 2.80 bits per heavy atom. The molecule has 0 spiro atoms. The van der Waals surface area contributed by atoms with Crippen LogP contribution in [0.3, 0.4) is 0 Å². The molecule has 3 rings (SSSR count). The van der Waals surface area contributed by atoms with Gasteiger partial charge in [0.1, 0.15) is 10.6 Å². The van der Waals surface area contributed by atoms with Gasteiger partial charge in [-0.25, -0.2) is 8.42 Å². The molecule has 4 nitrogen and oxygen atoms in total. The minimum absolute atomic E-state index is 0.0179. The van der Waals surface area contributed by atoms with E-state index in [1.165, 1.54) is 18.9 Å². The van der Waals surface area contributed by atoms with Crippen molar-refractivity contribution in [3.05, 3.63) is 30.5 Å². The summed E-state index contributed by atoms with van der Waals surface area (Å²) >= 11 is 0. The second kappa shape index (κ2) is 5.22. The summed E-state index contributed by atoms with van der Waals surface area (Å²) in [5.74, 6) is 1.44. The molecule has 2 aromatic rings. The Balaban J connectivity index is 1.97. The molecule has 0 N–H and O–H groups in total. The molecule has 0 saturated heterocycles. The average Bonchev–Trinajstić information content (AvgIpc) is 3.21. The SMILES string of the molecule is O=S(=O)(Cl)c1ccc(OCCC2CC2)c2cccnc12. The van der Waals surface area contributed by atoms with E-state index >= 15 is 0 Å². The first-order valence-electron chi connectivity index (χ1n) is 6.51. The molecule has 0 atom stereocenters. The zero-order valence-electron chi connectivity index (χ0n) is 10.8. The Bertz CT molecular complexity index is 741. The number of benzene rings is 1. The quantitative estimate of drug-likeness (QED) is 0.795. The molecule has 0 radical (unpaired) electrons. The van der Waals surface area contributed by atoms with Crippen LogP contribution in [0.2, 0.25) is 0 Å². The normalized spacial score (nSPS) is 15.4. The van der Waals surface area contributed by atoms with Gasteiger partial charge in [-0.2, -0.15) is 0 Å². The van der Waals surface area contributed by atoms with Crippen LogP contribution in [0.15, 0.2) is 35.4 Å². The van der Waals surface area contributed by atoms with E-state index in [-0.39, 0.29) is 4.90 Å². The van der Waals surface area contributed by atoms with Gasteiger partial charge in [-0.15, -0.1) is 0 Å². The summed E-state index contributed by atoms with van der Waals surface area (Å²) < 4.78 is 28.9. The predicted octanol–water partition coefficient (Wildman–Crippen LogP) is 3.34. The topological polar surface area (TPSA) is 56.3 Å². The summed E-state index contributed by atoms with van der Waals surface area (Å²) in [5, 5.41) is 0.671. The third-order valence-corrected chi connectivity index (χ3v) is 4.79. The second-order valence-corrected chi connectivity index (χ2v) is 7.51. The number of pyridine rings is 1. The zero-order valence-corrected chi connectivity index (χ0v) is 12.3. The highest BCUT2D eigenvalue weighted by atomic mass is 35.7. The number of halogens is 1. The molecule has 0 amide bonds. The van der Waals surface area contributed by atoms with E-state index in [2.05, 4.69) is 4.98 Å². The molecule has 0 aliphatic heterocycles. The lowest BCUT2D eigenvalue weighted by molar-refractivity contribution is 0.306. The van der Waals surface area contributed by atoms with Crippen molar-refractivity contribution >= 4 is 30.6 Å². The van der Waals surface area contributed by atoms with Crippen LogP contribution in [0.1, 0.15) is 19.3 Å². The lowest BCUT2D eigenvalue weighted by atomic mass is 10.2. The van der Waals surface area contributed by atoms with Gasteiger partial charge in [0.25, 0.3) is 9.05 Å². The highest BCUT2D eigenvalue weighted by molar-refractivity contribution is 8.14. The largest absolute Gasteiger partial charge is 0.493 e. The Hall–Kier alpha value is -1.33. The standard InChI is InChI=1S/C14H14ClNO3S/c15-20(17,18)13-6-5-12(19-9-7-10-3-4-10)11-2-1-8-16-14(11)13/h1-2,5-6,8,10H,3-4,7,9H2. The molecule has 1 aromatic carbocycles. The van der Waals surface area contributed by atoms with Crippen LogP contribution in [0.5, 0.6) is 5.75 Å². The number of aromatic nitrogens is 1. The summed E-state index contributed by atoms with van der Waals surface area (Å²) in [6, 6.07) is 6.64. The molecule has 1 saturated carbocycles. The van der Waals surface area contributed by atoms with Gasteiger partial charge in [0.2, 0.25) is 0 Å². The number of hydrogen-bond donors (Lipinski definition) is 0. The fourth-order valence-corrected chi connectivity index (χ4v) is 3.18. The fourth-order valence-electron chi connectivity index (χ4n) is 2.19. The van der Waals surface area contributed by atoms with Crippen LogP contribution < -0.4 is 4.74 Å². The van der Waals surface area contributed by atoms with Gasteiger partial charge in [0.15, 0.2) is 0 Å². The lowest BCUT2D eigenvalue weighted by Crippen LogP contribution is -2.01. The predicted molar refractivity (Wildman–Crippen MR) is 77.6 cm³/mol. The maximum atomic E-state index is 11.6. The average molecular weight is 312 g/mol. The molecular weight excluding hydrogens is 298 g/mol. The summed E-state index contributed by atoms with van der Waals surface area (Å²) in [7, 11) is 1.62. The molecule has 0 bridgehead atoms. The number of rotatable bonds is 5. The maximum absolute atomic E-state index is 11.6. The first-order chi connectivity index (χ1) is 9.55. The van der Waals surface area contributed by atoms with E-state index in [1.54, 1.807) is 24.4 Å². The van der Waals surface area contributed by atoms with Crippen molar-refractivity contribution in [2.24, 2.45) is 5.92 Å². The van der Waals surface area contributed by atoms with E-state index in [0.717, 1.165) is 12.3 Å². The molecule has 1 aliphatic rings. The number of nitrogens with zero attached hydrogens (tertiary/aromatic N) is 1. The van der Waals surface area contributed by atoms with Crippen molar-refractivity contribution in [3.63, 3.8) is 0 Å². The summed E-state index contributed by atoms with van der Waals surface area (Å²) in [4.78, 5) is 4.14. The minimum Gasteiger partial charge on any atom is -0.493 e. The molecule has 0 unspecified atom stereocenters. The molecule has 1 fully saturated rings. The monoisotopic (exact) mass is 311 g/mol. The van der Waals surface area contributed by atoms with Gasteiger partial charge in [0.05, 0.1) is 12.1 Å². The highest BCUT2D eigenvalue weighted by Gasteiger charge is 2.21. The number of ether oxygens (including phenoxy) is 1. The second-order valence-electron chi connectivity index (χ2n) is 4.98. The van der Waals surface area contributed by atoms with Crippen molar-refractivity contribution in [1.29, 1.82) is 0 Å². The third kappa shape index (κ3) is 2.88. The van der Waals surface area contributed by atoms with Crippen molar-refractivity contribution in [2.75, 3.05) is 6.61 Å². The van der Waals surface area contributed by atoms with Crippen molar-refractivity contribution in [2.45, 2.75) is 24.2 Å². The molecule has 1 aromatic heterocycles. The van der Waals surface area contributed by atoms with Gasteiger partial charge in [-0.1, -0.05) is 12.8 Å². The Morgan fingerprint density at radius 2 is 2.10 bits per heavy atom. The van der Waals surface area contributed by atoms with Crippen LogP contribution >= 0.6 is 10.7 Å². The number of fused-ring (bicyclic) bond motifs is 1. The Labute approximate surface area is 122 Å². The molecule has 106 valence electrons. The number of hydrogen-bond acceptors (Lipinski definition) is 4. The van der Waals surface area contributed by atoms with Gasteiger partial charge in [-0.05, 0) is 36.6 Å². The molecular formula is C14H14ClNO3S. The van der Waals surface area contributed by atoms with Crippen LogP contribution in [-0.2, 0) is 9.05 Å². The van der Waals surface area contributed by atoms with E-state index in [9.17, 15) is 8.42 Å². The first kappa shape index (κ1) is 13.6. The summed E-state index contributed by atoms with van der Waals surface area (Å²) in [6.07, 6.45) is 5.16. The fraction of sp³-hybridized carbons (Fsp3) is 0.357. The summed E-state index contributed by atoms with van der Waals surface area (Å²) in [6.45, 7) is 0.641. The van der Waals surface area contributed by atoms with E-state index in [0.29, 0.717) is 23.3 Å². The molecule has 1 heterocycles. The van der Waals surface area contributed by atoms with E-state index < -0.39 is 9.05 Å². The van der Waals surface area contributed by atoms with Crippen LogP contribution in [0.25, 0.3) is 10.9 Å². The Morgan fingerprint density at radius 1 is 1.30 bits per heavy atom. The van der Waals surface area contributed by atoms with Crippen molar-refractivity contribution in [1.82, 2.24) is 4.98 Å². The summed E-state index contributed by atoms with van der Waals surface area (Å²) in [5.41, 5.74) is 0.353. The highest BCUT2D eigenvalue weighted by Crippen LogP contribution is 2.34. The van der Waals surface area contributed by atoms with Gasteiger partial charge < -0.3 is 4.74 Å². The minimum atomic E-state index is -3.82. The van der Waals surface area contributed by atoms with Crippen LogP contribution in [-0.4, -0.2) is 20.0 Å². The van der Waals surface area contributed by atoms with Crippen molar-refractivity contribution < 1.29 is 13.2 Å². The van der Waals surface area contributed by atoms with Gasteiger partial charge >= 0.3 is 0 Å². The van der Waals surface area contributed by atoms with E-state index in [1.807, 2.05) is 0 Å². The molecule has 20 heavy (non-hydrogen) atoms. The van der Waals surface area contributed by atoms with Gasteiger partial charge in [-0.3, -0.25) is 4.98 Å². The zero-order chi connectivity index (χ0) is 14.2. The Kier molecular flexibility index (Phi) is 3.56. The first-order valence-corrected chi connectivity index (χ1v) is 8.82. The lowest BCUT2D eigenvalue weighted by Gasteiger charge is -2.10.